The van der Waals surface area contributed by atoms with Crippen LogP contribution < -0.4 is 5.11 Å². The Morgan fingerprint density at radius 3 is 2.30 bits per heavy atom. The predicted molar refractivity (Wildman–Crippen MR) is 37.8 cm³/mol. The quantitative estimate of drug-likeness (QED) is 0.440. The predicted octanol–water partition coefficient (Wildman–Crippen LogP) is -0.677. The summed E-state index contributed by atoms with van der Waals surface area (Å²) < 4.78 is 5.21. The molecular formula is C6H12AlO3-. The maximum Gasteiger partial charge on any atom is 0.435 e. The normalized spacial score (nSPS) is 16.1. The molecule has 10 heavy (non-hydrogen) atoms. The van der Waals surface area contributed by atoms with Gasteiger partial charge in [-0.3, -0.25) is 0 Å². The standard InChI is InChI=1S/C4H8O.C2H4O2.Al.H/c1-2-3-4-5;1-2(3)4;;/h1-4H2;1H3,(H,3,4);;/q-1;;+1;/p-1. The van der Waals surface area contributed by atoms with Crippen LogP contribution in [-0.4, -0.2) is 28.1 Å². The summed E-state index contributed by atoms with van der Waals surface area (Å²) in [7, 11) is 0. The van der Waals surface area contributed by atoms with Crippen molar-refractivity contribution in [2.45, 2.75) is 25.0 Å². The van der Waals surface area contributed by atoms with E-state index < -0.39 is 5.97 Å². The molecule has 0 aromatic heterocycles. The largest absolute Gasteiger partial charge is 0.550 e. The molecule has 0 spiro atoms. The monoisotopic (exact) mass is 159 g/mol. The highest BCUT2D eigenvalue weighted by Crippen LogP contribution is 2.01. The van der Waals surface area contributed by atoms with E-state index in [1.54, 1.807) is 0 Å². The SMILES string of the molecule is C1C[CH2][AlH][O]C1.CC(=O)[O-]. The molecule has 0 amide bonds. The number of hydrogen-bond acceptors (Lipinski definition) is 3. The van der Waals surface area contributed by atoms with E-state index in [4.69, 9.17) is 13.7 Å². The zero-order valence-electron chi connectivity index (χ0n) is 6.26. The lowest BCUT2D eigenvalue weighted by molar-refractivity contribution is -0.302. The third-order valence-electron chi connectivity index (χ3n) is 1.08. The lowest BCUT2D eigenvalue weighted by Gasteiger charge is -2.06. The van der Waals surface area contributed by atoms with Crippen LogP contribution in [0.15, 0.2) is 0 Å². The van der Waals surface area contributed by atoms with Gasteiger partial charge in [0.1, 0.15) is 0 Å². The molecule has 0 radical (unpaired) electrons. The van der Waals surface area contributed by atoms with Gasteiger partial charge in [0.2, 0.25) is 0 Å². The first kappa shape index (κ1) is 9.96. The van der Waals surface area contributed by atoms with Crippen LogP contribution in [-0.2, 0) is 8.58 Å². The second kappa shape index (κ2) is 7.07. The van der Waals surface area contributed by atoms with Gasteiger partial charge in [-0.1, -0.05) is 11.7 Å². The number of carbonyl (C=O) groups is 1. The number of carboxylic acid groups (broad SMARTS) is 1. The van der Waals surface area contributed by atoms with Gasteiger partial charge in [0.15, 0.2) is 0 Å². The molecule has 0 atom stereocenters. The fraction of sp³-hybridized carbons (Fsp3) is 0.833. The minimum absolute atomic E-state index is 0.00849. The highest BCUT2D eigenvalue weighted by molar-refractivity contribution is 6.27. The molecule has 0 aromatic rings. The van der Waals surface area contributed by atoms with Gasteiger partial charge in [-0.15, -0.1) is 0 Å². The fourth-order valence-electron chi connectivity index (χ4n) is 0.687. The van der Waals surface area contributed by atoms with E-state index in [0.717, 1.165) is 13.5 Å². The maximum absolute atomic E-state index is 8.89. The zero-order valence-corrected chi connectivity index (χ0v) is 7.67. The maximum atomic E-state index is 8.89. The van der Waals surface area contributed by atoms with Crippen molar-refractivity contribution < 1.29 is 13.7 Å². The third-order valence-corrected chi connectivity index (χ3v) is 2.44. The number of carbonyl (C=O) groups excluding carboxylic acids is 1. The Kier molecular flexibility index (Phi) is 7.05. The molecule has 1 rings (SSSR count). The average molecular weight is 159 g/mol. The van der Waals surface area contributed by atoms with Gasteiger partial charge < -0.3 is 13.7 Å². The first-order chi connectivity index (χ1) is 4.73. The molecule has 0 aliphatic carbocycles. The highest BCUT2D eigenvalue weighted by atomic mass is 27.1. The van der Waals surface area contributed by atoms with E-state index in [0.29, 0.717) is 0 Å². The van der Waals surface area contributed by atoms with Crippen LogP contribution in [0.3, 0.4) is 0 Å². The fourth-order valence-corrected chi connectivity index (χ4v) is 1.86. The van der Waals surface area contributed by atoms with Crippen molar-refractivity contribution in [2.75, 3.05) is 6.61 Å². The van der Waals surface area contributed by atoms with E-state index in [1.165, 1.54) is 18.1 Å². The Morgan fingerprint density at radius 2 is 2.20 bits per heavy atom. The van der Waals surface area contributed by atoms with Crippen LogP contribution in [0.1, 0.15) is 19.8 Å². The number of aliphatic carboxylic acids is 1. The Morgan fingerprint density at radius 1 is 1.60 bits per heavy atom. The number of hydrogen-bond donors (Lipinski definition) is 0. The van der Waals surface area contributed by atoms with Crippen molar-refractivity contribution in [3.05, 3.63) is 0 Å². The van der Waals surface area contributed by atoms with Gasteiger partial charge in [-0.05, 0) is 13.3 Å². The smallest absolute Gasteiger partial charge is 0.435 e. The average Bonchev–Trinajstić information content (AvgIpc) is 1.90. The van der Waals surface area contributed by atoms with Crippen molar-refractivity contribution in [1.29, 1.82) is 0 Å². The molecular weight excluding hydrogens is 147 g/mol. The first-order valence-electron chi connectivity index (χ1n) is 3.49. The minimum Gasteiger partial charge on any atom is -0.550 e. The molecule has 58 valence electrons. The first-order valence-corrected chi connectivity index (χ1v) is 5.06. The van der Waals surface area contributed by atoms with Crippen molar-refractivity contribution in [3.8, 4) is 0 Å². The van der Waals surface area contributed by atoms with Gasteiger partial charge in [0, 0.05) is 12.6 Å². The molecule has 4 heteroatoms. The van der Waals surface area contributed by atoms with E-state index in [-0.39, 0.29) is 15.6 Å². The summed E-state index contributed by atoms with van der Waals surface area (Å²) in [5, 5.41) is 10.3. The molecule has 1 aliphatic rings. The van der Waals surface area contributed by atoms with Gasteiger partial charge in [0.05, 0.1) is 0 Å². The molecule has 1 saturated heterocycles. The summed E-state index contributed by atoms with van der Waals surface area (Å²) in [6.07, 6.45) is 2.75. The van der Waals surface area contributed by atoms with E-state index in [1.807, 2.05) is 0 Å². The van der Waals surface area contributed by atoms with Crippen LogP contribution in [0.5, 0.6) is 0 Å². The molecule has 1 fully saturated rings. The summed E-state index contributed by atoms with van der Waals surface area (Å²) in [4.78, 5) is 8.89. The van der Waals surface area contributed by atoms with Gasteiger partial charge in [0.25, 0.3) is 0 Å². The van der Waals surface area contributed by atoms with Crippen LogP contribution >= 0.6 is 0 Å². The lowest BCUT2D eigenvalue weighted by atomic mass is 10.4. The third kappa shape index (κ3) is 10.9. The summed E-state index contributed by atoms with van der Waals surface area (Å²) >= 11 is 0.00849. The molecule has 0 bridgehead atoms. The summed E-state index contributed by atoms with van der Waals surface area (Å²) in [6, 6.07) is 0. The van der Waals surface area contributed by atoms with Crippen molar-refractivity contribution in [3.63, 3.8) is 0 Å². The highest BCUT2D eigenvalue weighted by Gasteiger charge is 2.00. The molecule has 0 saturated carbocycles. The second-order valence-corrected chi connectivity index (χ2v) is 3.69. The topological polar surface area (TPSA) is 49.4 Å². The Bertz CT molecular complexity index is 75.5. The van der Waals surface area contributed by atoms with Gasteiger partial charge >= 0.3 is 15.6 Å². The molecule has 0 aromatic carbocycles. The van der Waals surface area contributed by atoms with E-state index in [2.05, 4.69) is 0 Å². The summed E-state index contributed by atoms with van der Waals surface area (Å²) in [6.45, 7) is 2.03. The van der Waals surface area contributed by atoms with Crippen LogP contribution in [0.4, 0.5) is 0 Å². The lowest BCUT2D eigenvalue weighted by Crippen LogP contribution is -2.16. The molecule has 0 N–H and O–H groups in total. The van der Waals surface area contributed by atoms with Crippen LogP contribution in [0.25, 0.3) is 0 Å². The Balaban J connectivity index is 0.000000180. The Hall–Kier alpha value is -0.0375. The van der Waals surface area contributed by atoms with Crippen molar-refractivity contribution in [2.24, 2.45) is 0 Å². The number of carboxylic acids is 1. The Labute approximate surface area is 67.4 Å². The molecule has 0 unspecified atom stereocenters. The van der Waals surface area contributed by atoms with Crippen molar-refractivity contribution in [1.82, 2.24) is 0 Å². The summed E-state index contributed by atoms with van der Waals surface area (Å²) in [5.74, 6) is -1.08. The van der Waals surface area contributed by atoms with Gasteiger partial charge in [-0.25, -0.2) is 0 Å². The molecule has 1 heterocycles. The second-order valence-electron chi connectivity index (χ2n) is 2.16. The summed E-state index contributed by atoms with van der Waals surface area (Å²) in [5.41, 5.74) is 0. The van der Waals surface area contributed by atoms with Crippen LogP contribution in [0, 0.1) is 0 Å². The van der Waals surface area contributed by atoms with Crippen LogP contribution in [0.2, 0.25) is 5.28 Å². The minimum atomic E-state index is -1.08. The number of rotatable bonds is 0. The zero-order chi connectivity index (χ0) is 7.82. The van der Waals surface area contributed by atoms with E-state index >= 15 is 0 Å². The molecule has 1 aliphatic heterocycles. The molecule has 3 nitrogen and oxygen atoms in total. The van der Waals surface area contributed by atoms with E-state index in [9.17, 15) is 0 Å². The van der Waals surface area contributed by atoms with Gasteiger partial charge in [-0.2, -0.15) is 0 Å². The van der Waals surface area contributed by atoms with Crippen molar-refractivity contribution >= 4 is 21.5 Å².